The van der Waals surface area contributed by atoms with Gasteiger partial charge in [-0.05, 0) is 34.4 Å². The van der Waals surface area contributed by atoms with Crippen LogP contribution in [0, 0.1) is 0 Å². The third kappa shape index (κ3) is 1.77. The molecule has 3 rings (SSSR count). The van der Waals surface area contributed by atoms with E-state index in [0.717, 1.165) is 34.4 Å². The zero-order valence-corrected chi connectivity index (χ0v) is 12.1. The van der Waals surface area contributed by atoms with E-state index >= 15 is 0 Å². The Labute approximate surface area is 122 Å². The molecule has 3 heteroatoms. The van der Waals surface area contributed by atoms with Crippen molar-refractivity contribution in [1.82, 2.24) is 0 Å². The fourth-order valence-corrected chi connectivity index (χ4v) is 4.32. The number of aliphatic carboxylic acids is 1. The standard InChI is InChI=1S/C17H16O2S/c1-2-20-17(16(18)19)14-9-5-3-7-12(14)11-13-8-4-6-10-15(13)17/h3-10H,2,11H2,1H3,(H,18,19). The van der Waals surface area contributed by atoms with Crippen LogP contribution in [0.1, 0.15) is 29.2 Å². The van der Waals surface area contributed by atoms with E-state index in [1.165, 1.54) is 11.8 Å². The number of carboxylic acids is 1. The van der Waals surface area contributed by atoms with Crippen molar-refractivity contribution in [2.75, 3.05) is 5.75 Å². The van der Waals surface area contributed by atoms with Crippen molar-refractivity contribution in [1.29, 1.82) is 0 Å². The monoisotopic (exact) mass is 284 g/mol. The Morgan fingerprint density at radius 3 is 2.05 bits per heavy atom. The van der Waals surface area contributed by atoms with Crippen LogP contribution in [0.15, 0.2) is 48.5 Å². The summed E-state index contributed by atoms with van der Waals surface area (Å²) >= 11 is 1.49. The van der Waals surface area contributed by atoms with Crippen LogP contribution < -0.4 is 0 Å². The van der Waals surface area contributed by atoms with Crippen molar-refractivity contribution in [2.24, 2.45) is 0 Å². The normalized spacial score (nSPS) is 15.2. The number of carboxylic acid groups (broad SMARTS) is 1. The van der Waals surface area contributed by atoms with Crippen LogP contribution in [0.2, 0.25) is 0 Å². The molecule has 1 aliphatic carbocycles. The summed E-state index contributed by atoms with van der Waals surface area (Å²) in [5.74, 6) is -0.0152. The molecule has 0 aliphatic heterocycles. The van der Waals surface area contributed by atoms with Gasteiger partial charge in [-0.3, -0.25) is 0 Å². The lowest BCUT2D eigenvalue weighted by Crippen LogP contribution is -2.38. The molecule has 0 radical (unpaired) electrons. The van der Waals surface area contributed by atoms with Gasteiger partial charge in [-0.15, -0.1) is 11.8 Å². The number of benzene rings is 2. The lowest BCUT2D eigenvalue weighted by atomic mass is 9.77. The van der Waals surface area contributed by atoms with E-state index < -0.39 is 10.7 Å². The van der Waals surface area contributed by atoms with Crippen LogP contribution in [-0.4, -0.2) is 16.8 Å². The lowest BCUT2D eigenvalue weighted by molar-refractivity contribution is -0.139. The first-order chi connectivity index (χ1) is 9.70. The Kier molecular flexibility index (Phi) is 3.30. The molecule has 20 heavy (non-hydrogen) atoms. The highest BCUT2D eigenvalue weighted by Gasteiger charge is 2.47. The molecule has 1 N–H and O–H groups in total. The number of hydrogen-bond acceptors (Lipinski definition) is 2. The topological polar surface area (TPSA) is 37.3 Å². The van der Waals surface area contributed by atoms with Gasteiger partial charge in [0, 0.05) is 0 Å². The van der Waals surface area contributed by atoms with Gasteiger partial charge in [-0.25, -0.2) is 4.79 Å². The summed E-state index contributed by atoms with van der Waals surface area (Å²) in [4.78, 5) is 12.2. The fraction of sp³-hybridized carbons (Fsp3) is 0.235. The van der Waals surface area contributed by atoms with E-state index in [9.17, 15) is 9.90 Å². The molecule has 0 unspecified atom stereocenters. The molecular formula is C17H16O2S. The number of carbonyl (C=O) groups is 1. The zero-order chi connectivity index (χ0) is 14.2. The summed E-state index contributed by atoms with van der Waals surface area (Å²) in [6.07, 6.45) is 0.811. The largest absolute Gasteiger partial charge is 0.480 e. The highest BCUT2D eigenvalue weighted by atomic mass is 32.2. The van der Waals surface area contributed by atoms with Gasteiger partial charge < -0.3 is 5.11 Å². The first-order valence-electron chi connectivity index (χ1n) is 6.74. The van der Waals surface area contributed by atoms with Gasteiger partial charge in [0.2, 0.25) is 0 Å². The van der Waals surface area contributed by atoms with E-state index in [1.807, 2.05) is 55.5 Å². The van der Waals surface area contributed by atoms with E-state index in [0.29, 0.717) is 0 Å². The number of thioether (sulfide) groups is 1. The molecule has 1 aliphatic rings. The van der Waals surface area contributed by atoms with Crippen molar-refractivity contribution in [3.8, 4) is 0 Å². The average molecular weight is 284 g/mol. The van der Waals surface area contributed by atoms with Crippen molar-refractivity contribution in [3.05, 3.63) is 70.8 Å². The number of hydrogen-bond donors (Lipinski definition) is 1. The zero-order valence-electron chi connectivity index (χ0n) is 11.3. The smallest absolute Gasteiger partial charge is 0.328 e. The molecular weight excluding hydrogens is 268 g/mol. The van der Waals surface area contributed by atoms with Crippen molar-refractivity contribution in [2.45, 2.75) is 18.1 Å². The van der Waals surface area contributed by atoms with E-state index in [4.69, 9.17) is 0 Å². The maximum Gasteiger partial charge on any atom is 0.328 e. The number of rotatable bonds is 3. The van der Waals surface area contributed by atoms with Gasteiger partial charge in [0.15, 0.2) is 4.75 Å². The molecule has 0 saturated carbocycles. The third-order valence-corrected chi connectivity index (χ3v) is 5.17. The third-order valence-electron chi connectivity index (χ3n) is 3.84. The molecule has 2 aromatic rings. The molecule has 0 heterocycles. The van der Waals surface area contributed by atoms with Crippen LogP contribution in [0.3, 0.4) is 0 Å². The summed E-state index contributed by atoms with van der Waals surface area (Å²) < 4.78 is -0.972. The summed E-state index contributed by atoms with van der Waals surface area (Å²) in [6, 6.07) is 15.8. The maximum absolute atomic E-state index is 12.2. The molecule has 0 bridgehead atoms. The Balaban J connectivity index is 2.34. The van der Waals surface area contributed by atoms with Gasteiger partial charge in [-0.2, -0.15) is 0 Å². The highest BCUT2D eigenvalue weighted by molar-refractivity contribution is 8.01. The van der Waals surface area contributed by atoms with Crippen molar-refractivity contribution < 1.29 is 9.90 Å². The lowest BCUT2D eigenvalue weighted by Gasteiger charge is -2.36. The minimum absolute atomic E-state index is 0.759. The van der Waals surface area contributed by atoms with E-state index in [1.54, 1.807) is 0 Å². The van der Waals surface area contributed by atoms with Crippen LogP contribution >= 0.6 is 11.8 Å². The van der Waals surface area contributed by atoms with Gasteiger partial charge in [0.25, 0.3) is 0 Å². The second-order valence-electron chi connectivity index (χ2n) is 4.91. The van der Waals surface area contributed by atoms with E-state index in [-0.39, 0.29) is 0 Å². The second-order valence-corrected chi connectivity index (χ2v) is 6.39. The van der Waals surface area contributed by atoms with Crippen LogP contribution in [0.4, 0.5) is 0 Å². The molecule has 2 aromatic carbocycles. The van der Waals surface area contributed by atoms with Crippen molar-refractivity contribution >= 4 is 17.7 Å². The Morgan fingerprint density at radius 2 is 1.60 bits per heavy atom. The fourth-order valence-electron chi connectivity index (χ4n) is 3.05. The summed E-state index contributed by atoms with van der Waals surface area (Å²) in [5, 5.41) is 9.99. The molecule has 0 atom stereocenters. The van der Waals surface area contributed by atoms with Crippen molar-refractivity contribution in [3.63, 3.8) is 0 Å². The molecule has 2 nitrogen and oxygen atoms in total. The first-order valence-corrected chi connectivity index (χ1v) is 7.73. The molecule has 0 spiro atoms. The predicted octanol–water partition coefficient (Wildman–Crippen LogP) is 3.67. The Hall–Kier alpha value is -1.74. The summed E-state index contributed by atoms with van der Waals surface area (Å²) in [6.45, 7) is 2.01. The SMILES string of the molecule is CCSC1(C(=O)O)c2ccccc2Cc2ccccc21. The van der Waals surface area contributed by atoms with Gasteiger partial charge in [0.05, 0.1) is 0 Å². The molecule has 102 valence electrons. The van der Waals surface area contributed by atoms with Gasteiger partial charge in [0.1, 0.15) is 0 Å². The Morgan fingerprint density at radius 1 is 1.10 bits per heavy atom. The van der Waals surface area contributed by atoms with E-state index in [2.05, 4.69) is 0 Å². The molecule has 0 saturated heterocycles. The van der Waals surface area contributed by atoms with Crippen LogP contribution in [0.25, 0.3) is 0 Å². The highest BCUT2D eigenvalue weighted by Crippen LogP contribution is 2.49. The molecule has 0 amide bonds. The summed E-state index contributed by atoms with van der Waals surface area (Å²) in [7, 11) is 0. The maximum atomic E-state index is 12.2. The minimum atomic E-state index is -0.972. The van der Waals surface area contributed by atoms with Crippen LogP contribution in [0.5, 0.6) is 0 Å². The van der Waals surface area contributed by atoms with Gasteiger partial charge in [-0.1, -0.05) is 55.5 Å². The second kappa shape index (κ2) is 4.98. The molecule has 0 fully saturated rings. The first kappa shape index (κ1) is 13.3. The van der Waals surface area contributed by atoms with Crippen LogP contribution in [-0.2, 0) is 16.0 Å². The Bertz CT molecular complexity index is 618. The predicted molar refractivity (Wildman–Crippen MR) is 82.2 cm³/mol. The summed E-state index contributed by atoms with van der Waals surface area (Å²) in [5.41, 5.74) is 4.10. The minimum Gasteiger partial charge on any atom is -0.480 e. The van der Waals surface area contributed by atoms with Gasteiger partial charge >= 0.3 is 5.97 Å². The number of fused-ring (bicyclic) bond motifs is 2. The molecule has 0 aromatic heterocycles. The average Bonchev–Trinajstić information content (AvgIpc) is 2.46. The quantitative estimate of drug-likeness (QED) is 0.934.